The van der Waals surface area contributed by atoms with E-state index >= 15 is 0 Å². The first-order chi connectivity index (χ1) is 13.0. The Balaban J connectivity index is 1.91. The molecule has 0 amide bonds. The number of ether oxygens (including phenoxy) is 2. The number of methoxy groups -OCH3 is 1. The Morgan fingerprint density at radius 1 is 1.22 bits per heavy atom. The number of benzene rings is 2. The minimum absolute atomic E-state index is 0.164. The minimum Gasteiger partial charge on any atom is -0.497 e. The van der Waals surface area contributed by atoms with Gasteiger partial charge in [-0.05, 0) is 61.2 Å². The van der Waals surface area contributed by atoms with Gasteiger partial charge in [0.05, 0.1) is 13.7 Å². The Bertz CT molecular complexity index is 876. The smallest absolute Gasteiger partial charge is 0.329 e. The third kappa shape index (κ3) is 2.66. The van der Waals surface area contributed by atoms with E-state index in [-0.39, 0.29) is 22.8 Å². The minimum atomic E-state index is -0.349. The molecule has 1 aliphatic heterocycles. The molecule has 1 heterocycles. The highest BCUT2D eigenvalue weighted by molar-refractivity contribution is 9.10. The largest absolute Gasteiger partial charge is 0.497 e. The van der Waals surface area contributed by atoms with E-state index in [1.807, 2.05) is 31.2 Å². The highest BCUT2D eigenvalue weighted by Gasteiger charge is 2.67. The van der Waals surface area contributed by atoms with Gasteiger partial charge in [0.1, 0.15) is 11.8 Å². The average molecular weight is 430 g/mol. The van der Waals surface area contributed by atoms with Crippen molar-refractivity contribution >= 4 is 27.6 Å². The van der Waals surface area contributed by atoms with Gasteiger partial charge in [-0.3, -0.25) is 0 Å². The first-order valence-corrected chi connectivity index (χ1v) is 10.1. The zero-order chi connectivity index (χ0) is 19.2. The molecule has 27 heavy (non-hydrogen) atoms. The van der Waals surface area contributed by atoms with Crippen molar-refractivity contribution in [2.45, 2.75) is 38.1 Å². The Hall–Kier alpha value is -2.01. The number of halogens is 1. The van der Waals surface area contributed by atoms with Gasteiger partial charge in [-0.2, -0.15) is 0 Å². The lowest BCUT2D eigenvalue weighted by molar-refractivity contribution is -0.146. The lowest BCUT2D eigenvalue weighted by Gasteiger charge is -2.48. The number of carbonyl (C=O) groups is 1. The van der Waals surface area contributed by atoms with Gasteiger partial charge in [-0.25, -0.2) is 4.79 Å². The summed E-state index contributed by atoms with van der Waals surface area (Å²) >= 11 is 3.62. The molecule has 142 valence electrons. The Morgan fingerprint density at radius 2 is 1.93 bits per heavy atom. The SMILES string of the molecule is CCOC(=O)C1Nc2ccc(Br)cc2C(C)(c2ccc(OC)cc2)C12CC2. The molecule has 1 N–H and O–H groups in total. The molecule has 0 aromatic heterocycles. The molecule has 5 heteroatoms. The van der Waals surface area contributed by atoms with Crippen LogP contribution in [0.4, 0.5) is 5.69 Å². The quantitative estimate of drug-likeness (QED) is 0.701. The van der Waals surface area contributed by atoms with Crippen molar-refractivity contribution in [1.29, 1.82) is 0 Å². The van der Waals surface area contributed by atoms with E-state index < -0.39 is 0 Å². The Kier molecular flexibility index (Phi) is 4.46. The maximum atomic E-state index is 12.8. The van der Waals surface area contributed by atoms with Gasteiger partial charge in [-0.15, -0.1) is 0 Å². The standard InChI is InChI=1S/C22H24BrNO3/c1-4-27-20(25)19-22(11-12-22)21(2,14-5-8-16(26-3)9-6-14)17-13-15(23)7-10-18(17)24-19/h5-10,13,19,24H,4,11-12H2,1-3H3. The van der Waals surface area contributed by atoms with Crippen LogP contribution >= 0.6 is 15.9 Å². The van der Waals surface area contributed by atoms with Crippen LogP contribution in [0.15, 0.2) is 46.9 Å². The van der Waals surface area contributed by atoms with Crippen molar-refractivity contribution in [1.82, 2.24) is 0 Å². The summed E-state index contributed by atoms with van der Waals surface area (Å²) in [6.07, 6.45) is 1.97. The first-order valence-electron chi connectivity index (χ1n) is 9.34. The fourth-order valence-electron chi connectivity index (χ4n) is 4.71. The highest BCUT2D eigenvalue weighted by Crippen LogP contribution is 2.67. The molecule has 1 aliphatic carbocycles. The van der Waals surface area contributed by atoms with E-state index in [1.54, 1.807) is 7.11 Å². The molecule has 1 saturated carbocycles. The summed E-state index contributed by atoms with van der Waals surface area (Å²) < 4.78 is 11.8. The van der Waals surface area contributed by atoms with Crippen LogP contribution < -0.4 is 10.1 Å². The number of rotatable bonds is 4. The molecule has 2 aromatic rings. The second kappa shape index (κ2) is 6.55. The van der Waals surface area contributed by atoms with E-state index in [2.05, 4.69) is 46.4 Å². The molecule has 4 rings (SSSR count). The summed E-state index contributed by atoms with van der Waals surface area (Å²) in [6.45, 7) is 4.51. The zero-order valence-electron chi connectivity index (χ0n) is 15.8. The molecule has 0 radical (unpaired) electrons. The highest BCUT2D eigenvalue weighted by atomic mass is 79.9. The van der Waals surface area contributed by atoms with Crippen molar-refractivity contribution in [3.8, 4) is 5.75 Å². The van der Waals surface area contributed by atoms with Crippen LogP contribution in [0.1, 0.15) is 37.8 Å². The normalized spacial score (nSPS) is 24.7. The number of hydrogen-bond acceptors (Lipinski definition) is 4. The summed E-state index contributed by atoms with van der Waals surface area (Å²) in [5.41, 5.74) is 2.89. The number of nitrogens with one attached hydrogen (secondary N) is 1. The molecule has 1 fully saturated rings. The molecule has 0 saturated heterocycles. The van der Waals surface area contributed by atoms with Crippen LogP contribution in [0.25, 0.3) is 0 Å². The predicted octanol–water partition coefficient (Wildman–Crippen LogP) is 4.90. The summed E-state index contributed by atoms with van der Waals surface area (Å²) in [5, 5.41) is 3.49. The van der Waals surface area contributed by atoms with Gasteiger partial charge < -0.3 is 14.8 Å². The molecule has 2 aliphatic rings. The van der Waals surface area contributed by atoms with Gasteiger partial charge in [0, 0.05) is 21.0 Å². The number of anilines is 1. The van der Waals surface area contributed by atoms with Crippen molar-refractivity contribution in [3.63, 3.8) is 0 Å². The van der Waals surface area contributed by atoms with Crippen molar-refractivity contribution in [2.24, 2.45) is 5.41 Å². The third-order valence-corrected chi connectivity index (χ3v) is 6.84. The fraction of sp³-hybridized carbons (Fsp3) is 0.409. The number of carbonyl (C=O) groups excluding carboxylic acids is 1. The van der Waals surface area contributed by atoms with E-state index in [0.29, 0.717) is 6.61 Å². The van der Waals surface area contributed by atoms with E-state index in [9.17, 15) is 4.79 Å². The first kappa shape index (κ1) is 18.4. The lowest BCUT2D eigenvalue weighted by atomic mass is 9.59. The summed E-state index contributed by atoms with van der Waals surface area (Å²) in [7, 11) is 1.67. The molecule has 1 spiro atoms. The van der Waals surface area contributed by atoms with E-state index in [0.717, 1.165) is 28.8 Å². The maximum absolute atomic E-state index is 12.8. The fourth-order valence-corrected chi connectivity index (χ4v) is 5.07. The van der Waals surface area contributed by atoms with Crippen LogP contribution in [0, 0.1) is 5.41 Å². The van der Waals surface area contributed by atoms with Crippen LogP contribution in [0.5, 0.6) is 5.75 Å². The summed E-state index contributed by atoms with van der Waals surface area (Å²) in [6, 6.07) is 14.1. The number of hydrogen-bond donors (Lipinski definition) is 1. The Labute approximate surface area is 168 Å². The van der Waals surface area contributed by atoms with E-state index in [1.165, 1.54) is 11.1 Å². The maximum Gasteiger partial charge on any atom is 0.329 e. The van der Waals surface area contributed by atoms with Crippen LogP contribution in [0.3, 0.4) is 0 Å². The summed E-state index contributed by atoms with van der Waals surface area (Å²) in [5.74, 6) is 0.667. The van der Waals surface area contributed by atoms with Crippen LogP contribution in [-0.2, 0) is 14.9 Å². The van der Waals surface area contributed by atoms with Crippen LogP contribution in [-0.4, -0.2) is 25.7 Å². The molecule has 2 atom stereocenters. The second-order valence-electron chi connectivity index (χ2n) is 7.53. The molecule has 2 unspecified atom stereocenters. The van der Waals surface area contributed by atoms with Gasteiger partial charge in [0.15, 0.2) is 0 Å². The molecular formula is C22H24BrNO3. The van der Waals surface area contributed by atoms with Crippen molar-refractivity contribution in [2.75, 3.05) is 19.0 Å². The monoisotopic (exact) mass is 429 g/mol. The Morgan fingerprint density at radius 3 is 2.52 bits per heavy atom. The lowest BCUT2D eigenvalue weighted by Crippen LogP contribution is -2.54. The van der Waals surface area contributed by atoms with Crippen molar-refractivity contribution < 1.29 is 14.3 Å². The summed E-state index contributed by atoms with van der Waals surface area (Å²) in [4.78, 5) is 12.8. The topological polar surface area (TPSA) is 47.6 Å². The zero-order valence-corrected chi connectivity index (χ0v) is 17.4. The molecule has 4 nitrogen and oxygen atoms in total. The average Bonchev–Trinajstić information content (AvgIpc) is 3.47. The molecular weight excluding hydrogens is 406 g/mol. The van der Waals surface area contributed by atoms with E-state index in [4.69, 9.17) is 9.47 Å². The molecule has 2 aromatic carbocycles. The van der Waals surface area contributed by atoms with Gasteiger partial charge in [-0.1, -0.05) is 35.0 Å². The van der Waals surface area contributed by atoms with Crippen molar-refractivity contribution in [3.05, 3.63) is 58.1 Å². The molecule has 0 bridgehead atoms. The third-order valence-electron chi connectivity index (χ3n) is 6.35. The van der Waals surface area contributed by atoms with Gasteiger partial charge >= 0.3 is 5.97 Å². The van der Waals surface area contributed by atoms with Crippen LogP contribution in [0.2, 0.25) is 0 Å². The number of esters is 1. The van der Waals surface area contributed by atoms with Gasteiger partial charge in [0.2, 0.25) is 0 Å². The second-order valence-corrected chi connectivity index (χ2v) is 8.44. The van der Waals surface area contributed by atoms with Gasteiger partial charge in [0.25, 0.3) is 0 Å². The predicted molar refractivity (Wildman–Crippen MR) is 109 cm³/mol. The number of fused-ring (bicyclic) bond motifs is 1.